The Bertz CT molecular complexity index is 1610. The zero-order valence-electron chi connectivity index (χ0n) is 19.4. The second kappa shape index (κ2) is 7.46. The molecule has 1 aliphatic carbocycles. The molecule has 1 saturated carbocycles. The van der Waals surface area contributed by atoms with E-state index in [0.29, 0.717) is 17.2 Å². The van der Waals surface area contributed by atoms with Crippen LogP contribution < -0.4 is 4.57 Å². The van der Waals surface area contributed by atoms with E-state index in [4.69, 9.17) is 11.0 Å². The number of furan rings is 1. The summed E-state index contributed by atoms with van der Waals surface area (Å²) in [4.78, 5) is 3.71. The molecule has 3 aromatic carbocycles. The smallest absolute Gasteiger partial charge is 0.229 e. The van der Waals surface area contributed by atoms with Crippen LogP contribution in [0.1, 0.15) is 48.3 Å². The minimum Gasteiger partial charge on any atom is -0.466 e. The Morgan fingerprint density at radius 3 is 2.55 bits per heavy atom. The van der Waals surface area contributed by atoms with E-state index in [1.807, 2.05) is 12.1 Å². The van der Waals surface area contributed by atoms with Gasteiger partial charge in [-0.05, 0) is 66.8 Å². The average Bonchev–Trinajstić information content (AvgIpc) is 3.49. The third kappa shape index (κ3) is 2.98. The van der Waals surface area contributed by atoms with Gasteiger partial charge in [-0.3, -0.25) is 0 Å². The van der Waals surface area contributed by atoms with Gasteiger partial charge in [-0.2, -0.15) is 0 Å². The quantitative estimate of drug-likeness (QED) is 0.205. The first-order valence-corrected chi connectivity index (χ1v) is 11.8. The third-order valence-electron chi connectivity index (χ3n) is 7.63. The van der Waals surface area contributed by atoms with E-state index < -0.39 is 0 Å². The van der Waals surface area contributed by atoms with Crippen molar-refractivity contribution >= 4 is 38.4 Å². The van der Waals surface area contributed by atoms with Crippen molar-refractivity contribution in [2.24, 2.45) is 7.05 Å². The molecule has 0 bridgehead atoms. The number of nitrogens with zero attached hydrogens (tertiary/aromatic N) is 2. The van der Waals surface area contributed by atoms with Crippen LogP contribution in [0.2, 0.25) is 0 Å². The summed E-state index contributed by atoms with van der Waals surface area (Å²) < 4.78 is 8.69. The Balaban J connectivity index is 1.69. The summed E-state index contributed by atoms with van der Waals surface area (Å²) in [5.74, 6) is 0.696. The van der Waals surface area contributed by atoms with Gasteiger partial charge in [0.1, 0.15) is 18.2 Å². The molecule has 162 valence electrons. The number of hydrogen-bond acceptors (Lipinski definition) is 1. The highest BCUT2D eigenvalue weighted by atomic mass is 16.3. The van der Waals surface area contributed by atoms with Crippen molar-refractivity contribution in [2.45, 2.75) is 45.4 Å². The van der Waals surface area contributed by atoms with Crippen molar-refractivity contribution in [3.63, 3.8) is 0 Å². The van der Waals surface area contributed by atoms with Crippen LogP contribution in [0.4, 0.5) is 5.69 Å². The first-order valence-electron chi connectivity index (χ1n) is 11.8. The minimum atomic E-state index is 0.563. The van der Waals surface area contributed by atoms with Gasteiger partial charge in [0.15, 0.2) is 6.20 Å². The van der Waals surface area contributed by atoms with Gasteiger partial charge < -0.3 is 4.42 Å². The maximum atomic E-state index is 7.60. The number of aromatic nitrogens is 1. The molecule has 0 saturated heterocycles. The summed E-state index contributed by atoms with van der Waals surface area (Å²) in [6.07, 6.45) is 7.46. The minimum absolute atomic E-state index is 0.563. The number of pyridine rings is 1. The number of hydrogen-bond donors (Lipinski definition) is 0. The van der Waals surface area contributed by atoms with Crippen LogP contribution in [0.15, 0.2) is 59.1 Å². The van der Waals surface area contributed by atoms with Gasteiger partial charge >= 0.3 is 0 Å². The molecule has 0 aliphatic heterocycles. The molecule has 33 heavy (non-hydrogen) atoms. The van der Waals surface area contributed by atoms with Crippen LogP contribution >= 0.6 is 0 Å². The highest BCUT2D eigenvalue weighted by Gasteiger charge is 2.26. The molecule has 6 rings (SSSR count). The maximum absolute atomic E-state index is 7.60. The largest absolute Gasteiger partial charge is 0.466 e. The number of rotatable bonds is 2. The summed E-state index contributed by atoms with van der Waals surface area (Å²) in [6.45, 7) is 11.9. The van der Waals surface area contributed by atoms with Gasteiger partial charge in [0.05, 0.1) is 17.5 Å². The van der Waals surface area contributed by atoms with E-state index in [0.717, 1.165) is 21.9 Å². The average molecular weight is 432 g/mol. The molecule has 0 spiro atoms. The van der Waals surface area contributed by atoms with Crippen molar-refractivity contribution in [3.05, 3.63) is 82.8 Å². The molecule has 0 unspecified atom stereocenters. The van der Waals surface area contributed by atoms with E-state index >= 15 is 0 Å². The van der Waals surface area contributed by atoms with Crippen LogP contribution in [0.5, 0.6) is 0 Å². The zero-order chi connectivity index (χ0) is 22.7. The van der Waals surface area contributed by atoms with E-state index in [2.05, 4.69) is 72.9 Å². The molecule has 5 aromatic rings. The van der Waals surface area contributed by atoms with Crippen molar-refractivity contribution in [1.82, 2.24) is 0 Å². The fourth-order valence-corrected chi connectivity index (χ4v) is 5.73. The number of para-hydroxylation sites is 1. The molecule has 0 radical (unpaired) electrons. The maximum Gasteiger partial charge on any atom is 0.229 e. The molecule has 1 fully saturated rings. The lowest BCUT2D eigenvalue weighted by molar-refractivity contribution is -0.659. The number of aryl methyl sites for hydroxylation is 2. The van der Waals surface area contributed by atoms with Crippen LogP contribution in [0.25, 0.3) is 48.8 Å². The number of fused-ring (bicyclic) bond motifs is 4. The van der Waals surface area contributed by atoms with Gasteiger partial charge in [-0.15, -0.1) is 0 Å². The predicted octanol–water partition coefficient (Wildman–Crippen LogP) is 8.06. The van der Waals surface area contributed by atoms with Crippen LogP contribution in [-0.2, 0) is 7.05 Å². The van der Waals surface area contributed by atoms with Gasteiger partial charge in [0.2, 0.25) is 11.4 Å². The molecular formula is C30H27N2O+. The van der Waals surface area contributed by atoms with E-state index in [9.17, 15) is 0 Å². The Hall–Kier alpha value is -3.64. The second-order valence-electron chi connectivity index (χ2n) is 9.54. The monoisotopic (exact) mass is 431 g/mol. The molecule has 0 amide bonds. The first kappa shape index (κ1) is 20.0. The highest BCUT2D eigenvalue weighted by Crippen LogP contribution is 2.43. The van der Waals surface area contributed by atoms with Crippen LogP contribution in [0.3, 0.4) is 0 Å². The summed E-state index contributed by atoms with van der Waals surface area (Å²) in [5, 5.41) is 4.60. The highest BCUT2D eigenvalue weighted by molar-refractivity contribution is 6.14. The molecule has 3 heteroatoms. The lowest BCUT2D eigenvalue weighted by atomic mass is 9.91. The molecular weight excluding hydrogens is 404 g/mol. The topological polar surface area (TPSA) is 21.4 Å². The van der Waals surface area contributed by atoms with Crippen LogP contribution in [-0.4, -0.2) is 0 Å². The van der Waals surface area contributed by atoms with Crippen molar-refractivity contribution in [3.8, 4) is 11.3 Å². The molecule has 0 N–H and O–H groups in total. The SMILES string of the molecule is [C-]#[N+]c1cccc2c1oc1c(-c3c4ccc(C5CCCC5)cc4cc[n+]3C)c(C)c(C)cc12. The van der Waals surface area contributed by atoms with E-state index in [1.54, 1.807) is 0 Å². The van der Waals surface area contributed by atoms with Crippen molar-refractivity contribution < 1.29 is 8.98 Å². The fourth-order valence-electron chi connectivity index (χ4n) is 5.73. The standard InChI is InChI=1S/C30H27N2O/c1-18-16-25-24-10-7-11-26(31-3)29(24)33-30(25)27(19(18)2)28-23-13-12-21(20-8-5-6-9-20)17-22(23)14-15-32(28)4/h7,10-17,20H,5-6,8-9H2,1-2,4H3/q+1. The van der Waals surface area contributed by atoms with Gasteiger partial charge in [-0.1, -0.05) is 43.2 Å². The molecule has 0 atom stereocenters. The Kier molecular flexibility index (Phi) is 4.52. The lowest BCUT2D eigenvalue weighted by Gasteiger charge is -2.13. The second-order valence-corrected chi connectivity index (χ2v) is 9.54. The Labute approximate surface area is 194 Å². The van der Waals surface area contributed by atoms with Crippen molar-refractivity contribution in [1.29, 1.82) is 0 Å². The van der Waals surface area contributed by atoms with Gasteiger partial charge in [0.25, 0.3) is 0 Å². The first-order chi connectivity index (χ1) is 16.1. The number of benzene rings is 3. The third-order valence-corrected chi connectivity index (χ3v) is 7.63. The van der Waals surface area contributed by atoms with E-state index in [1.165, 1.54) is 58.8 Å². The Morgan fingerprint density at radius 2 is 1.76 bits per heavy atom. The summed E-state index contributed by atoms with van der Waals surface area (Å²) in [5.41, 5.74) is 8.32. The van der Waals surface area contributed by atoms with E-state index in [-0.39, 0.29) is 0 Å². The normalized spacial score (nSPS) is 14.5. The summed E-state index contributed by atoms with van der Waals surface area (Å²) in [7, 11) is 2.11. The molecule has 3 nitrogen and oxygen atoms in total. The van der Waals surface area contributed by atoms with Crippen LogP contribution in [0, 0.1) is 20.4 Å². The molecule has 2 aromatic heterocycles. The molecule has 2 heterocycles. The van der Waals surface area contributed by atoms with Crippen molar-refractivity contribution in [2.75, 3.05) is 0 Å². The Morgan fingerprint density at radius 1 is 0.939 bits per heavy atom. The fraction of sp³-hybridized carbons (Fsp3) is 0.267. The molecule has 1 aliphatic rings. The predicted molar refractivity (Wildman–Crippen MR) is 135 cm³/mol. The van der Waals surface area contributed by atoms with Gasteiger partial charge in [-0.25, -0.2) is 9.41 Å². The zero-order valence-corrected chi connectivity index (χ0v) is 19.4. The summed E-state index contributed by atoms with van der Waals surface area (Å²) >= 11 is 0. The van der Waals surface area contributed by atoms with Gasteiger partial charge in [0, 0.05) is 16.8 Å². The summed E-state index contributed by atoms with van der Waals surface area (Å²) in [6, 6.07) is 17.3. The lowest BCUT2D eigenvalue weighted by Crippen LogP contribution is -2.31.